The topological polar surface area (TPSA) is 53.6 Å². The fraction of sp³-hybridized carbons (Fsp3) is 0.300. The Hall–Kier alpha value is -2.31. The Morgan fingerprint density at radius 3 is 2.59 bits per heavy atom. The van der Waals surface area contributed by atoms with Crippen LogP contribution in [0.5, 0.6) is 5.75 Å². The molecule has 1 heterocycles. The summed E-state index contributed by atoms with van der Waals surface area (Å²) in [5.74, 6) is 0.192. The molecule has 0 atom stereocenters. The minimum absolute atomic E-state index is 0.247. The van der Waals surface area contributed by atoms with Crippen molar-refractivity contribution in [3.63, 3.8) is 0 Å². The van der Waals surface area contributed by atoms with E-state index in [1.165, 1.54) is 26.4 Å². The van der Waals surface area contributed by atoms with Gasteiger partial charge in [-0.1, -0.05) is 23.7 Å². The fourth-order valence-corrected chi connectivity index (χ4v) is 3.59. The molecule has 0 saturated carbocycles. The third-order valence-electron chi connectivity index (χ3n) is 4.49. The lowest BCUT2D eigenvalue weighted by Crippen LogP contribution is -2.35. The van der Waals surface area contributed by atoms with Crippen molar-refractivity contribution >= 4 is 46.2 Å². The molecule has 1 fully saturated rings. The number of ether oxygens (including phenoxy) is 1. The largest absolute Gasteiger partial charge is 0.495 e. The van der Waals surface area contributed by atoms with Crippen LogP contribution in [-0.4, -0.2) is 31.2 Å². The number of thiocarbonyl (C=S) groups is 1. The number of nitrogens with zero attached hydrogens (tertiary/aromatic N) is 1. The van der Waals surface area contributed by atoms with Gasteiger partial charge in [0.05, 0.1) is 23.5 Å². The molecule has 27 heavy (non-hydrogen) atoms. The summed E-state index contributed by atoms with van der Waals surface area (Å²) in [6.07, 6.45) is 3.65. The van der Waals surface area contributed by atoms with Crippen molar-refractivity contribution in [2.24, 2.45) is 0 Å². The van der Waals surface area contributed by atoms with Crippen molar-refractivity contribution in [2.75, 3.05) is 30.4 Å². The fourth-order valence-electron chi connectivity index (χ4n) is 3.13. The lowest BCUT2D eigenvalue weighted by molar-refractivity contribution is 0.0977. The van der Waals surface area contributed by atoms with E-state index in [1.54, 1.807) is 18.2 Å². The maximum atomic E-state index is 12.4. The highest BCUT2D eigenvalue weighted by Crippen LogP contribution is 2.28. The molecule has 3 rings (SSSR count). The number of benzene rings is 2. The first-order valence-corrected chi connectivity index (χ1v) is 9.67. The molecule has 0 aromatic heterocycles. The summed E-state index contributed by atoms with van der Waals surface area (Å²) in [5, 5.41) is 6.47. The average molecular weight is 404 g/mol. The summed E-state index contributed by atoms with van der Waals surface area (Å²) in [7, 11) is 1.53. The van der Waals surface area contributed by atoms with Crippen LogP contribution in [0.15, 0.2) is 42.5 Å². The van der Waals surface area contributed by atoms with Crippen LogP contribution in [0.3, 0.4) is 0 Å². The highest BCUT2D eigenvalue weighted by atomic mass is 35.5. The van der Waals surface area contributed by atoms with Crippen LogP contribution in [-0.2, 0) is 0 Å². The number of carbonyl (C=O) groups is 1. The van der Waals surface area contributed by atoms with Gasteiger partial charge < -0.3 is 15.0 Å². The number of nitrogens with one attached hydrogen (secondary N) is 2. The minimum atomic E-state index is -0.326. The Morgan fingerprint density at radius 1 is 1.15 bits per heavy atom. The standard InChI is InChI=1S/C20H22ClN3O2S/c1-26-18-10-9-14(13-15(18)21)19(25)23-20(27)22-16-7-3-4-8-17(16)24-11-5-2-6-12-24/h3-4,7-10,13H,2,5-6,11-12H2,1H3,(H2,22,23,25,27). The molecule has 5 nitrogen and oxygen atoms in total. The van der Waals surface area contributed by atoms with Gasteiger partial charge >= 0.3 is 0 Å². The van der Waals surface area contributed by atoms with Crippen molar-refractivity contribution in [3.05, 3.63) is 53.1 Å². The number of amides is 1. The molecule has 0 unspecified atom stereocenters. The summed E-state index contributed by atoms with van der Waals surface area (Å²) in [5.41, 5.74) is 2.40. The zero-order valence-electron chi connectivity index (χ0n) is 15.1. The second-order valence-electron chi connectivity index (χ2n) is 6.32. The van der Waals surface area contributed by atoms with E-state index < -0.39 is 0 Å². The highest BCUT2D eigenvalue weighted by Gasteiger charge is 2.16. The Morgan fingerprint density at radius 2 is 1.89 bits per heavy atom. The van der Waals surface area contributed by atoms with E-state index in [0.717, 1.165) is 24.5 Å². The lowest BCUT2D eigenvalue weighted by atomic mass is 10.1. The van der Waals surface area contributed by atoms with Crippen molar-refractivity contribution in [1.82, 2.24) is 5.32 Å². The molecule has 142 valence electrons. The Bertz CT molecular complexity index is 838. The smallest absolute Gasteiger partial charge is 0.257 e. The van der Waals surface area contributed by atoms with E-state index >= 15 is 0 Å². The summed E-state index contributed by atoms with van der Waals surface area (Å²) < 4.78 is 5.10. The number of carbonyl (C=O) groups excluding carboxylic acids is 1. The van der Waals surface area contributed by atoms with Crippen molar-refractivity contribution in [2.45, 2.75) is 19.3 Å². The predicted molar refractivity (Wildman–Crippen MR) is 114 cm³/mol. The first kappa shape index (κ1) is 19.5. The number of methoxy groups -OCH3 is 1. The average Bonchev–Trinajstić information content (AvgIpc) is 2.69. The predicted octanol–water partition coefficient (Wildman–Crippen LogP) is 4.47. The van der Waals surface area contributed by atoms with E-state index in [2.05, 4.69) is 21.6 Å². The molecule has 1 amide bonds. The maximum absolute atomic E-state index is 12.4. The molecule has 0 radical (unpaired) electrons. The number of anilines is 2. The van der Waals surface area contributed by atoms with Gasteiger partial charge in [0.2, 0.25) is 0 Å². The number of rotatable bonds is 4. The van der Waals surface area contributed by atoms with Gasteiger partial charge in [0.15, 0.2) is 5.11 Å². The zero-order valence-corrected chi connectivity index (χ0v) is 16.7. The Balaban J connectivity index is 1.67. The molecule has 0 bridgehead atoms. The SMILES string of the molecule is COc1ccc(C(=O)NC(=S)Nc2ccccc2N2CCCCC2)cc1Cl. The molecule has 2 aromatic carbocycles. The van der Waals surface area contributed by atoms with Gasteiger partial charge in [-0.25, -0.2) is 0 Å². The third-order valence-corrected chi connectivity index (χ3v) is 4.99. The van der Waals surface area contributed by atoms with Crippen LogP contribution < -0.4 is 20.3 Å². The highest BCUT2D eigenvalue weighted by molar-refractivity contribution is 7.80. The monoisotopic (exact) mass is 403 g/mol. The van der Waals surface area contributed by atoms with E-state index in [4.69, 9.17) is 28.6 Å². The quantitative estimate of drug-likeness (QED) is 0.738. The number of halogens is 1. The molecule has 1 saturated heterocycles. The normalized spacial score (nSPS) is 13.8. The van der Waals surface area contributed by atoms with Crippen LogP contribution >= 0.6 is 23.8 Å². The van der Waals surface area contributed by atoms with Gasteiger partial charge in [0.25, 0.3) is 5.91 Å². The molecular formula is C20H22ClN3O2S. The molecule has 7 heteroatoms. The van der Waals surface area contributed by atoms with Gasteiger partial charge in [-0.15, -0.1) is 0 Å². The molecule has 0 aliphatic carbocycles. The van der Waals surface area contributed by atoms with E-state index in [-0.39, 0.29) is 11.0 Å². The summed E-state index contributed by atoms with van der Waals surface area (Å²) in [6.45, 7) is 2.06. The van der Waals surface area contributed by atoms with Gasteiger partial charge in [-0.05, 0) is 61.8 Å². The van der Waals surface area contributed by atoms with Crippen LogP contribution in [0.1, 0.15) is 29.6 Å². The molecular weight excluding hydrogens is 382 g/mol. The van der Waals surface area contributed by atoms with Crippen molar-refractivity contribution < 1.29 is 9.53 Å². The third kappa shape index (κ3) is 4.90. The van der Waals surface area contributed by atoms with E-state index in [9.17, 15) is 4.79 Å². The molecule has 1 aliphatic heterocycles. The number of hydrogen-bond acceptors (Lipinski definition) is 4. The molecule has 0 spiro atoms. The molecule has 2 N–H and O–H groups in total. The molecule has 1 aliphatic rings. The minimum Gasteiger partial charge on any atom is -0.495 e. The van der Waals surface area contributed by atoms with Crippen molar-refractivity contribution in [3.8, 4) is 5.75 Å². The second-order valence-corrected chi connectivity index (χ2v) is 7.14. The van der Waals surface area contributed by atoms with Crippen LogP contribution in [0, 0.1) is 0 Å². The van der Waals surface area contributed by atoms with Crippen LogP contribution in [0.2, 0.25) is 5.02 Å². The van der Waals surface area contributed by atoms with Crippen LogP contribution in [0.4, 0.5) is 11.4 Å². The van der Waals surface area contributed by atoms with Crippen LogP contribution in [0.25, 0.3) is 0 Å². The number of piperidine rings is 1. The van der Waals surface area contributed by atoms with Crippen molar-refractivity contribution in [1.29, 1.82) is 0 Å². The van der Waals surface area contributed by atoms with Gasteiger partial charge in [-0.2, -0.15) is 0 Å². The Kier molecular flexibility index (Phi) is 6.53. The maximum Gasteiger partial charge on any atom is 0.257 e. The van der Waals surface area contributed by atoms with Gasteiger partial charge in [0.1, 0.15) is 5.75 Å². The van der Waals surface area contributed by atoms with E-state index in [1.807, 2.05) is 18.2 Å². The summed E-state index contributed by atoms with van der Waals surface area (Å²) in [6, 6.07) is 12.8. The summed E-state index contributed by atoms with van der Waals surface area (Å²) >= 11 is 11.4. The number of hydrogen-bond donors (Lipinski definition) is 2. The van der Waals surface area contributed by atoms with Gasteiger partial charge in [-0.3, -0.25) is 10.1 Å². The molecule has 2 aromatic rings. The second kappa shape index (κ2) is 9.06. The van der Waals surface area contributed by atoms with Gasteiger partial charge in [0, 0.05) is 18.7 Å². The first-order chi connectivity index (χ1) is 13.1. The van der Waals surface area contributed by atoms with E-state index in [0.29, 0.717) is 16.3 Å². The lowest BCUT2D eigenvalue weighted by Gasteiger charge is -2.30. The zero-order chi connectivity index (χ0) is 19.2. The first-order valence-electron chi connectivity index (χ1n) is 8.88. The Labute approximate surface area is 169 Å². The summed E-state index contributed by atoms with van der Waals surface area (Å²) in [4.78, 5) is 14.8. The number of para-hydroxylation sites is 2.